The first kappa shape index (κ1) is 19.0. The monoisotopic (exact) mass is 399 g/mol. The van der Waals surface area contributed by atoms with Gasteiger partial charge in [-0.15, -0.1) is 0 Å². The van der Waals surface area contributed by atoms with Crippen LogP contribution in [-0.4, -0.2) is 29.3 Å². The molecule has 0 unspecified atom stereocenters. The number of fused-ring (bicyclic) bond motifs is 1. The zero-order chi connectivity index (χ0) is 20.8. The van der Waals surface area contributed by atoms with Crippen LogP contribution in [0.5, 0.6) is 0 Å². The Morgan fingerprint density at radius 1 is 1.14 bits per heavy atom. The summed E-state index contributed by atoms with van der Waals surface area (Å²) in [5, 5.41) is 5.05. The second kappa shape index (κ2) is 6.95. The van der Waals surface area contributed by atoms with E-state index in [0.29, 0.717) is 10.6 Å². The van der Waals surface area contributed by atoms with Gasteiger partial charge < -0.3 is 10.6 Å². The molecule has 150 valence electrons. The smallest absolute Gasteiger partial charge is 0.325 e. The Hall–Kier alpha value is -3.29. The SMILES string of the molecule is C[C@]1(c2cc(F)ccc2F)NC(=O)N(CC(=O)Nc2ccc3c(c2)CCC3)C1=O. The molecule has 2 aromatic rings. The Balaban J connectivity index is 1.50. The van der Waals surface area contributed by atoms with E-state index in [0.717, 1.165) is 37.5 Å². The van der Waals surface area contributed by atoms with Crippen molar-refractivity contribution in [2.75, 3.05) is 11.9 Å². The summed E-state index contributed by atoms with van der Waals surface area (Å²) in [7, 11) is 0. The predicted octanol–water partition coefficient (Wildman–Crippen LogP) is 2.86. The van der Waals surface area contributed by atoms with Crippen molar-refractivity contribution in [3.63, 3.8) is 0 Å². The van der Waals surface area contributed by atoms with E-state index in [9.17, 15) is 23.2 Å². The average Bonchev–Trinajstić information content (AvgIpc) is 3.22. The number of rotatable bonds is 4. The molecule has 2 aromatic carbocycles. The quantitative estimate of drug-likeness (QED) is 0.776. The number of aryl methyl sites for hydroxylation is 2. The molecular formula is C21H19F2N3O3. The number of carbonyl (C=O) groups excluding carboxylic acids is 3. The lowest BCUT2D eigenvalue weighted by Gasteiger charge is -2.22. The standard InChI is InChI=1S/C21H19F2N3O3/c1-21(16-10-14(22)6-8-17(16)23)19(28)26(20(29)25-21)11-18(27)24-15-7-5-12-3-2-4-13(12)9-15/h5-10H,2-4,11H2,1H3,(H,24,27)(H,25,29)/t21-/m1/s1. The van der Waals surface area contributed by atoms with Crippen molar-refractivity contribution >= 4 is 23.5 Å². The van der Waals surface area contributed by atoms with E-state index in [-0.39, 0.29) is 5.56 Å². The zero-order valence-corrected chi connectivity index (χ0v) is 15.7. The van der Waals surface area contributed by atoms with Gasteiger partial charge in [0.25, 0.3) is 5.91 Å². The molecule has 29 heavy (non-hydrogen) atoms. The van der Waals surface area contributed by atoms with Crippen molar-refractivity contribution in [1.82, 2.24) is 10.2 Å². The Morgan fingerprint density at radius 2 is 1.90 bits per heavy atom. The van der Waals surface area contributed by atoms with E-state index >= 15 is 0 Å². The van der Waals surface area contributed by atoms with Gasteiger partial charge in [-0.1, -0.05) is 6.07 Å². The highest BCUT2D eigenvalue weighted by atomic mass is 19.1. The summed E-state index contributed by atoms with van der Waals surface area (Å²) in [4.78, 5) is 38.2. The van der Waals surface area contributed by atoms with Gasteiger partial charge in [-0.3, -0.25) is 14.5 Å². The molecule has 0 spiro atoms. The van der Waals surface area contributed by atoms with Gasteiger partial charge in [0.1, 0.15) is 23.7 Å². The van der Waals surface area contributed by atoms with Gasteiger partial charge >= 0.3 is 6.03 Å². The maximum absolute atomic E-state index is 14.2. The highest BCUT2D eigenvalue weighted by Crippen LogP contribution is 2.31. The molecule has 4 rings (SSSR count). The van der Waals surface area contributed by atoms with E-state index < -0.39 is 41.6 Å². The van der Waals surface area contributed by atoms with Crippen LogP contribution in [0.15, 0.2) is 36.4 Å². The number of carbonyl (C=O) groups is 3. The fourth-order valence-electron chi connectivity index (χ4n) is 3.90. The molecule has 1 atom stereocenters. The number of anilines is 1. The van der Waals surface area contributed by atoms with Crippen LogP contribution in [-0.2, 0) is 28.0 Å². The number of hydrogen-bond acceptors (Lipinski definition) is 3. The number of amides is 4. The number of benzene rings is 2. The summed E-state index contributed by atoms with van der Waals surface area (Å²) < 4.78 is 27.8. The van der Waals surface area contributed by atoms with Gasteiger partial charge in [0.2, 0.25) is 5.91 Å². The fourth-order valence-corrected chi connectivity index (χ4v) is 3.90. The van der Waals surface area contributed by atoms with Crippen molar-refractivity contribution in [2.24, 2.45) is 0 Å². The first-order valence-electron chi connectivity index (χ1n) is 9.29. The molecule has 0 saturated carbocycles. The van der Waals surface area contributed by atoms with Crippen molar-refractivity contribution in [3.05, 3.63) is 64.7 Å². The Kier molecular flexibility index (Phi) is 4.56. The Labute approximate surface area is 165 Å². The van der Waals surface area contributed by atoms with Crippen molar-refractivity contribution in [3.8, 4) is 0 Å². The molecule has 0 bridgehead atoms. The highest BCUT2D eigenvalue weighted by Gasteiger charge is 2.50. The van der Waals surface area contributed by atoms with E-state index in [1.807, 2.05) is 12.1 Å². The first-order chi connectivity index (χ1) is 13.8. The van der Waals surface area contributed by atoms with E-state index in [1.54, 1.807) is 6.07 Å². The van der Waals surface area contributed by atoms with Crippen molar-refractivity contribution < 1.29 is 23.2 Å². The maximum Gasteiger partial charge on any atom is 0.325 e. The molecule has 1 aliphatic heterocycles. The van der Waals surface area contributed by atoms with Crippen molar-refractivity contribution in [2.45, 2.75) is 31.7 Å². The predicted molar refractivity (Wildman–Crippen MR) is 101 cm³/mol. The van der Waals surface area contributed by atoms with Crippen LogP contribution in [0.3, 0.4) is 0 Å². The van der Waals surface area contributed by atoms with Gasteiger partial charge in [-0.2, -0.15) is 0 Å². The van der Waals surface area contributed by atoms with Crippen LogP contribution in [0, 0.1) is 11.6 Å². The van der Waals surface area contributed by atoms with Crippen LogP contribution in [0.4, 0.5) is 19.3 Å². The normalized spacial score (nSPS) is 20.6. The average molecular weight is 399 g/mol. The van der Waals surface area contributed by atoms with Gasteiger partial charge in [-0.05, 0) is 67.6 Å². The minimum absolute atomic E-state index is 0.294. The molecule has 0 aromatic heterocycles. The molecule has 0 radical (unpaired) electrons. The lowest BCUT2D eigenvalue weighted by atomic mass is 9.91. The topological polar surface area (TPSA) is 78.5 Å². The van der Waals surface area contributed by atoms with Gasteiger partial charge in [0, 0.05) is 11.3 Å². The van der Waals surface area contributed by atoms with Crippen LogP contribution >= 0.6 is 0 Å². The third kappa shape index (κ3) is 3.35. The number of hydrogen-bond donors (Lipinski definition) is 2. The van der Waals surface area contributed by atoms with Crippen LogP contribution < -0.4 is 10.6 Å². The van der Waals surface area contributed by atoms with Gasteiger partial charge in [0.15, 0.2) is 0 Å². The summed E-state index contributed by atoms with van der Waals surface area (Å²) in [6.07, 6.45) is 3.04. The van der Waals surface area contributed by atoms with E-state index in [4.69, 9.17) is 0 Å². The number of halogens is 2. The van der Waals surface area contributed by atoms with E-state index in [1.165, 1.54) is 18.1 Å². The van der Waals surface area contributed by atoms with E-state index in [2.05, 4.69) is 10.6 Å². The molecule has 2 N–H and O–H groups in total. The van der Waals surface area contributed by atoms with Crippen LogP contribution in [0.25, 0.3) is 0 Å². The third-order valence-corrected chi connectivity index (χ3v) is 5.43. The van der Waals surface area contributed by atoms with Gasteiger partial charge in [0.05, 0.1) is 0 Å². The summed E-state index contributed by atoms with van der Waals surface area (Å²) in [6, 6.07) is 7.45. The summed E-state index contributed by atoms with van der Waals surface area (Å²) in [6.45, 7) is 0.748. The molecule has 2 aliphatic rings. The number of nitrogens with one attached hydrogen (secondary N) is 2. The number of urea groups is 1. The molecule has 1 fully saturated rings. The summed E-state index contributed by atoms with van der Waals surface area (Å²) >= 11 is 0. The minimum Gasteiger partial charge on any atom is -0.325 e. The zero-order valence-electron chi connectivity index (χ0n) is 15.7. The molecule has 1 aliphatic carbocycles. The number of nitrogens with zero attached hydrogens (tertiary/aromatic N) is 1. The van der Waals surface area contributed by atoms with Crippen molar-refractivity contribution in [1.29, 1.82) is 0 Å². The second-order valence-corrected chi connectivity index (χ2v) is 7.46. The summed E-state index contributed by atoms with van der Waals surface area (Å²) in [5.41, 5.74) is 0.924. The Morgan fingerprint density at radius 3 is 2.69 bits per heavy atom. The largest absolute Gasteiger partial charge is 0.325 e. The van der Waals surface area contributed by atoms with Crippen LogP contribution in [0.1, 0.15) is 30.0 Å². The van der Waals surface area contributed by atoms with Gasteiger partial charge in [-0.25, -0.2) is 13.6 Å². The molecule has 8 heteroatoms. The number of imide groups is 1. The molecule has 1 saturated heterocycles. The lowest BCUT2D eigenvalue weighted by molar-refractivity contribution is -0.133. The summed E-state index contributed by atoms with van der Waals surface area (Å²) in [5.74, 6) is -2.95. The molecule has 6 nitrogen and oxygen atoms in total. The Bertz CT molecular complexity index is 1040. The third-order valence-electron chi connectivity index (χ3n) is 5.43. The maximum atomic E-state index is 14.2. The molecular weight excluding hydrogens is 380 g/mol. The van der Waals surface area contributed by atoms with Crippen LogP contribution in [0.2, 0.25) is 0 Å². The molecule has 4 amide bonds. The first-order valence-corrected chi connectivity index (χ1v) is 9.29. The second-order valence-electron chi connectivity index (χ2n) is 7.46. The highest BCUT2D eigenvalue weighted by molar-refractivity contribution is 6.10. The minimum atomic E-state index is -1.79. The molecule has 1 heterocycles. The lowest BCUT2D eigenvalue weighted by Crippen LogP contribution is -2.42. The fraction of sp³-hybridized carbons (Fsp3) is 0.286.